The van der Waals surface area contributed by atoms with Crippen molar-refractivity contribution in [3.05, 3.63) is 90.8 Å². The molecule has 5 heterocycles. The van der Waals surface area contributed by atoms with Gasteiger partial charge < -0.3 is 25.0 Å². The minimum Gasteiger partial charge on any atom is -0.481 e. The molecular weight excluding hydrogens is 734 g/mol. The number of carbonyl (C=O) groups excluding carboxylic acids is 1. The van der Waals surface area contributed by atoms with Gasteiger partial charge in [-0.1, -0.05) is 41.9 Å². The van der Waals surface area contributed by atoms with Gasteiger partial charge in [0.15, 0.2) is 5.65 Å². The number of aromatic nitrogens is 5. The predicted molar refractivity (Wildman–Crippen MR) is 216 cm³/mol. The summed E-state index contributed by atoms with van der Waals surface area (Å²) < 4.78 is 13.6. The van der Waals surface area contributed by atoms with E-state index in [-0.39, 0.29) is 28.6 Å². The van der Waals surface area contributed by atoms with E-state index in [9.17, 15) is 14.4 Å². The second kappa shape index (κ2) is 14.6. The molecule has 2 fully saturated rings. The first kappa shape index (κ1) is 37.6. The number of hydrogen-bond donors (Lipinski definition) is 2. The molecule has 3 aromatic heterocycles. The molecule has 0 unspecified atom stereocenters. The third kappa shape index (κ3) is 6.39. The van der Waals surface area contributed by atoms with E-state index >= 15 is 0 Å². The molecule has 1 aliphatic carbocycles. The predicted octanol–water partition coefficient (Wildman–Crippen LogP) is 5.27. The Kier molecular flexibility index (Phi) is 9.83. The molecule has 292 valence electrons. The maximum absolute atomic E-state index is 13.3. The zero-order valence-electron chi connectivity index (χ0n) is 32.5. The van der Waals surface area contributed by atoms with Crippen LogP contribution in [0.3, 0.4) is 0 Å². The highest BCUT2D eigenvalue weighted by molar-refractivity contribution is 6.36. The van der Waals surface area contributed by atoms with Gasteiger partial charge in [-0.2, -0.15) is 0 Å². The molecule has 3 aliphatic rings. The van der Waals surface area contributed by atoms with E-state index in [1.54, 1.807) is 28.2 Å². The molecule has 2 amide bonds. The normalized spacial score (nSPS) is 19.5. The Morgan fingerprint density at radius 2 is 1.71 bits per heavy atom. The number of aryl methyl sites for hydroxylation is 3. The van der Waals surface area contributed by atoms with Crippen LogP contribution in [-0.4, -0.2) is 92.5 Å². The summed E-state index contributed by atoms with van der Waals surface area (Å²) in [5, 5.41) is 7.48. The van der Waals surface area contributed by atoms with Crippen molar-refractivity contribution in [2.45, 2.75) is 51.1 Å². The first-order chi connectivity index (χ1) is 26.9. The first-order valence-corrected chi connectivity index (χ1v) is 19.3. The lowest BCUT2D eigenvalue weighted by Gasteiger charge is -2.40. The van der Waals surface area contributed by atoms with Crippen molar-refractivity contribution in [2.24, 2.45) is 14.1 Å². The van der Waals surface area contributed by atoms with E-state index in [4.69, 9.17) is 26.1 Å². The number of rotatable bonds is 9. The summed E-state index contributed by atoms with van der Waals surface area (Å²) in [6.45, 7) is 7.23. The smallest absolute Gasteiger partial charge is 0.332 e. The highest BCUT2D eigenvalue weighted by Gasteiger charge is 2.46. The van der Waals surface area contributed by atoms with Crippen molar-refractivity contribution in [3.63, 3.8) is 0 Å². The molecule has 56 heavy (non-hydrogen) atoms. The highest BCUT2D eigenvalue weighted by Crippen LogP contribution is 2.47. The molecule has 14 nitrogen and oxygen atoms in total. The molecule has 2 N–H and O–H groups in total. The number of hydrogen-bond acceptors (Lipinski definition) is 10. The van der Waals surface area contributed by atoms with E-state index in [0.29, 0.717) is 35.7 Å². The SMILES string of the molecule is COCCN1CC[C@]2(CCN([C@@H]3CCc4cc(-c5cccc(-c6cccc(Nc7nc(C)nc8c7c(=O)n(C)c(=O)n8C)c6C)c5Cl)nc(OC)c43)C2)NC1=O. The van der Waals surface area contributed by atoms with Crippen LogP contribution in [0.1, 0.15) is 47.8 Å². The summed E-state index contributed by atoms with van der Waals surface area (Å²) in [5.74, 6) is 1.33. The molecule has 1 spiro atoms. The maximum atomic E-state index is 13.3. The van der Waals surface area contributed by atoms with Crippen LogP contribution in [0.15, 0.2) is 52.1 Å². The van der Waals surface area contributed by atoms with Gasteiger partial charge >= 0.3 is 11.7 Å². The number of nitrogens with zero attached hydrogens (tertiary/aromatic N) is 7. The third-order valence-electron chi connectivity index (χ3n) is 11.8. The number of halogens is 1. The van der Waals surface area contributed by atoms with Gasteiger partial charge in [-0.25, -0.2) is 24.5 Å². The summed E-state index contributed by atoms with van der Waals surface area (Å²) in [6.07, 6.45) is 3.63. The van der Waals surface area contributed by atoms with Crippen LogP contribution in [0.4, 0.5) is 16.3 Å². The Morgan fingerprint density at radius 1 is 0.964 bits per heavy atom. The number of ether oxygens (including phenoxy) is 2. The summed E-state index contributed by atoms with van der Waals surface area (Å²) in [6, 6.07) is 14.1. The molecular formula is C41H46ClN9O5. The number of anilines is 2. The van der Waals surface area contributed by atoms with Crippen LogP contribution >= 0.6 is 11.6 Å². The summed E-state index contributed by atoms with van der Waals surface area (Å²) in [5.41, 5.74) is 6.24. The van der Waals surface area contributed by atoms with Crippen LogP contribution in [0, 0.1) is 13.8 Å². The van der Waals surface area contributed by atoms with Gasteiger partial charge in [0.2, 0.25) is 5.88 Å². The second-order valence-electron chi connectivity index (χ2n) is 15.1. The van der Waals surface area contributed by atoms with Crippen molar-refractivity contribution in [1.29, 1.82) is 0 Å². The molecule has 2 atom stereocenters. The van der Waals surface area contributed by atoms with Gasteiger partial charge in [-0.15, -0.1) is 0 Å². The summed E-state index contributed by atoms with van der Waals surface area (Å²) in [7, 11) is 6.35. The van der Waals surface area contributed by atoms with Gasteiger partial charge in [0.25, 0.3) is 5.56 Å². The lowest BCUT2D eigenvalue weighted by atomic mass is 9.92. The Hall–Kier alpha value is -5.31. The average Bonchev–Trinajstić information content (AvgIpc) is 3.80. The number of urea groups is 1. The summed E-state index contributed by atoms with van der Waals surface area (Å²) in [4.78, 5) is 57.3. The number of likely N-dealkylation sites (tertiary alicyclic amines) is 1. The quantitative estimate of drug-likeness (QED) is 0.203. The zero-order valence-corrected chi connectivity index (χ0v) is 33.3. The molecule has 2 saturated heterocycles. The second-order valence-corrected chi connectivity index (χ2v) is 15.5. The summed E-state index contributed by atoms with van der Waals surface area (Å²) >= 11 is 7.29. The molecule has 5 aromatic rings. The van der Waals surface area contributed by atoms with Crippen molar-refractivity contribution >= 4 is 40.2 Å². The average molecular weight is 780 g/mol. The van der Waals surface area contributed by atoms with E-state index < -0.39 is 11.2 Å². The molecule has 2 aromatic carbocycles. The first-order valence-electron chi connectivity index (χ1n) is 18.9. The fourth-order valence-electron chi connectivity index (χ4n) is 8.74. The molecule has 0 bridgehead atoms. The van der Waals surface area contributed by atoms with Gasteiger partial charge in [0, 0.05) is 75.8 Å². The minimum absolute atomic E-state index is 0.0150. The fourth-order valence-corrected chi connectivity index (χ4v) is 9.06. The number of pyridine rings is 1. The minimum atomic E-state index is -0.480. The Bertz CT molecular complexity index is 2520. The van der Waals surface area contributed by atoms with Crippen LogP contribution in [-0.2, 0) is 25.3 Å². The van der Waals surface area contributed by atoms with Crippen molar-refractivity contribution in [3.8, 4) is 28.3 Å². The standard InChI is InChI=1S/C41H46ClN9O5/c1-23-26(9-8-12-29(23)45-35-33-36(44-24(2)43-35)48(3)40(54)49(4)38(33)52)27-10-7-11-28(34(27)42)30-21-25-13-14-31(32(25)37(46-30)56-6)51-18-16-41(22-51)15-17-50(19-20-55-5)39(53)47-41/h7-12,21,31H,13-20,22H2,1-6H3,(H,47,53)(H,43,44,45)/t31-,41-/m1/s1. The molecule has 8 rings (SSSR count). The fraction of sp³-hybridized carbons (Fsp3) is 0.415. The number of methoxy groups -OCH3 is 2. The molecule has 0 saturated carbocycles. The van der Waals surface area contributed by atoms with E-state index in [1.165, 1.54) is 17.2 Å². The Morgan fingerprint density at radius 3 is 2.48 bits per heavy atom. The highest BCUT2D eigenvalue weighted by atomic mass is 35.5. The number of fused-ring (bicyclic) bond motifs is 2. The van der Waals surface area contributed by atoms with Crippen LogP contribution in [0.5, 0.6) is 5.88 Å². The third-order valence-corrected chi connectivity index (χ3v) is 12.2. The monoisotopic (exact) mass is 779 g/mol. The Balaban J connectivity index is 1.08. The van der Waals surface area contributed by atoms with Crippen molar-refractivity contribution in [2.75, 3.05) is 52.3 Å². The lowest BCUT2D eigenvalue weighted by Crippen LogP contribution is -2.61. The van der Waals surface area contributed by atoms with Gasteiger partial charge in [0.1, 0.15) is 17.0 Å². The maximum Gasteiger partial charge on any atom is 0.332 e. The van der Waals surface area contributed by atoms with Crippen molar-refractivity contribution < 1.29 is 14.3 Å². The van der Waals surface area contributed by atoms with Crippen LogP contribution < -0.4 is 26.6 Å². The number of carbonyl (C=O) groups is 1. The molecule has 15 heteroatoms. The van der Waals surface area contributed by atoms with Crippen LogP contribution in [0.25, 0.3) is 33.4 Å². The van der Waals surface area contributed by atoms with E-state index in [1.807, 2.05) is 48.2 Å². The molecule has 0 radical (unpaired) electrons. The van der Waals surface area contributed by atoms with Gasteiger partial charge in [0.05, 0.1) is 30.0 Å². The largest absolute Gasteiger partial charge is 0.481 e. The van der Waals surface area contributed by atoms with Gasteiger partial charge in [-0.3, -0.25) is 18.8 Å². The lowest BCUT2D eigenvalue weighted by molar-refractivity contribution is 0.114. The molecule has 2 aliphatic heterocycles. The van der Waals surface area contributed by atoms with Crippen molar-refractivity contribution in [1.82, 2.24) is 39.2 Å². The van der Waals surface area contributed by atoms with E-state index in [2.05, 4.69) is 31.6 Å². The Labute approximate surface area is 329 Å². The zero-order chi connectivity index (χ0) is 39.5. The van der Waals surface area contributed by atoms with Gasteiger partial charge in [-0.05, 0) is 68.4 Å². The topological polar surface area (TPSA) is 149 Å². The number of nitrogens with one attached hydrogen (secondary N) is 2. The number of benzene rings is 2. The number of amides is 2. The van der Waals surface area contributed by atoms with E-state index in [0.717, 1.165) is 89.1 Å². The van der Waals surface area contributed by atoms with Crippen LogP contribution in [0.2, 0.25) is 5.02 Å².